The lowest BCUT2D eigenvalue weighted by molar-refractivity contribution is -0.137. The molecule has 2 aromatic rings. The number of hydrogen-bond acceptors (Lipinski definition) is 4. The molecule has 0 radical (unpaired) electrons. The zero-order chi connectivity index (χ0) is 18.0. The second-order valence-corrected chi connectivity index (χ2v) is 6.29. The molecule has 1 aliphatic heterocycles. The van der Waals surface area contributed by atoms with Gasteiger partial charge < -0.3 is 0 Å². The molecule has 9 heteroatoms. The molecule has 1 saturated heterocycles. The van der Waals surface area contributed by atoms with E-state index in [-0.39, 0.29) is 11.7 Å². The van der Waals surface area contributed by atoms with Crippen LogP contribution in [0.1, 0.15) is 26.9 Å². The van der Waals surface area contributed by atoms with Crippen molar-refractivity contribution in [3.8, 4) is 0 Å². The van der Waals surface area contributed by atoms with Crippen molar-refractivity contribution in [1.29, 1.82) is 0 Å². The first kappa shape index (κ1) is 17.3. The Morgan fingerprint density at radius 3 is 2.40 bits per heavy atom. The highest BCUT2D eigenvalue weighted by molar-refractivity contribution is 8.00. The van der Waals surface area contributed by atoms with Crippen LogP contribution in [0.4, 0.5) is 13.2 Å². The van der Waals surface area contributed by atoms with Gasteiger partial charge in [-0.05, 0) is 29.8 Å². The summed E-state index contributed by atoms with van der Waals surface area (Å²) in [7, 11) is 0. The van der Waals surface area contributed by atoms with E-state index in [0.29, 0.717) is 11.1 Å². The van der Waals surface area contributed by atoms with Gasteiger partial charge in [0.2, 0.25) is 0 Å². The summed E-state index contributed by atoms with van der Waals surface area (Å²) < 4.78 is 38.0. The zero-order valence-electron chi connectivity index (χ0n) is 12.7. The Balaban J connectivity index is 1.79. The van der Waals surface area contributed by atoms with E-state index in [1.807, 2.05) is 0 Å². The van der Waals surface area contributed by atoms with Crippen LogP contribution < -0.4 is 5.43 Å². The van der Waals surface area contributed by atoms with Crippen LogP contribution in [0.25, 0.3) is 0 Å². The van der Waals surface area contributed by atoms with Gasteiger partial charge in [-0.2, -0.15) is 13.2 Å². The summed E-state index contributed by atoms with van der Waals surface area (Å²) in [4.78, 5) is 28.1. The molecule has 130 valence electrons. The number of rotatable bonds is 3. The van der Waals surface area contributed by atoms with E-state index in [2.05, 4.69) is 10.4 Å². The van der Waals surface area contributed by atoms with E-state index in [1.165, 1.54) is 48.4 Å². The minimum absolute atomic E-state index is 0.127. The van der Waals surface area contributed by atoms with E-state index < -0.39 is 23.0 Å². The number of carbonyl (C=O) groups excluding carboxylic acids is 2. The summed E-state index contributed by atoms with van der Waals surface area (Å²) in [5, 5.41) is 0.566. The molecule has 0 saturated carbocycles. The number of nitrogens with one attached hydrogen (secondary N) is 1. The first-order chi connectivity index (χ1) is 11.9. The van der Waals surface area contributed by atoms with Crippen molar-refractivity contribution in [3.63, 3.8) is 0 Å². The van der Waals surface area contributed by atoms with E-state index >= 15 is 0 Å². The normalized spacial score (nSPS) is 17.6. The van der Waals surface area contributed by atoms with Crippen molar-refractivity contribution in [1.82, 2.24) is 15.4 Å². The van der Waals surface area contributed by atoms with Crippen molar-refractivity contribution in [3.05, 3.63) is 65.5 Å². The lowest BCUT2D eigenvalue weighted by Gasteiger charge is -2.24. The molecular weight excluding hydrogens is 355 g/mol. The number of pyridine rings is 1. The van der Waals surface area contributed by atoms with E-state index in [1.54, 1.807) is 0 Å². The summed E-state index contributed by atoms with van der Waals surface area (Å²) in [5.74, 6) is -0.685. The van der Waals surface area contributed by atoms with Crippen LogP contribution in [0, 0.1) is 0 Å². The number of nitrogens with zero attached hydrogens (tertiary/aromatic N) is 2. The zero-order valence-corrected chi connectivity index (χ0v) is 13.5. The van der Waals surface area contributed by atoms with Crippen molar-refractivity contribution >= 4 is 23.6 Å². The van der Waals surface area contributed by atoms with Gasteiger partial charge in [-0.15, -0.1) is 11.8 Å². The van der Waals surface area contributed by atoms with Gasteiger partial charge in [0.25, 0.3) is 11.8 Å². The van der Waals surface area contributed by atoms with Crippen molar-refractivity contribution < 1.29 is 22.8 Å². The first-order valence-corrected chi connectivity index (χ1v) is 8.23. The number of aromatic nitrogens is 1. The lowest BCUT2D eigenvalue weighted by Crippen LogP contribution is -2.44. The molecule has 3 rings (SSSR count). The number of halogens is 3. The molecule has 0 bridgehead atoms. The average molecular weight is 367 g/mol. The Bertz CT molecular complexity index is 781. The number of benzene rings is 1. The summed E-state index contributed by atoms with van der Waals surface area (Å²) in [6, 6.07) is 7.53. The maximum absolute atomic E-state index is 12.7. The molecule has 25 heavy (non-hydrogen) atoms. The van der Waals surface area contributed by atoms with Crippen LogP contribution in [0.5, 0.6) is 0 Å². The maximum atomic E-state index is 12.7. The smallest absolute Gasteiger partial charge is 0.272 e. The molecule has 2 heterocycles. The van der Waals surface area contributed by atoms with Crippen LogP contribution >= 0.6 is 11.8 Å². The van der Waals surface area contributed by atoms with Gasteiger partial charge in [-0.3, -0.25) is 20.0 Å². The fourth-order valence-electron chi connectivity index (χ4n) is 2.31. The third kappa shape index (κ3) is 3.76. The molecule has 0 unspecified atom stereocenters. The van der Waals surface area contributed by atoms with Crippen molar-refractivity contribution in [2.24, 2.45) is 0 Å². The van der Waals surface area contributed by atoms with Gasteiger partial charge in [-0.25, -0.2) is 5.01 Å². The van der Waals surface area contributed by atoms with Crippen LogP contribution in [-0.2, 0) is 11.0 Å². The second-order valence-electron chi connectivity index (χ2n) is 5.22. The van der Waals surface area contributed by atoms with Gasteiger partial charge in [-0.1, -0.05) is 12.1 Å². The SMILES string of the molecule is O=C(NN1C(=O)CS[C@@H]1c1ccc(C(F)(F)F)cc1)c1ccncc1. The molecule has 5 nitrogen and oxygen atoms in total. The molecule has 1 aromatic carbocycles. The maximum Gasteiger partial charge on any atom is 0.416 e. The fraction of sp³-hybridized carbons (Fsp3) is 0.188. The van der Waals surface area contributed by atoms with Crippen molar-refractivity contribution in [2.75, 3.05) is 5.75 Å². The third-order valence-corrected chi connectivity index (χ3v) is 4.77. The van der Waals surface area contributed by atoms with Gasteiger partial charge in [0.05, 0.1) is 11.3 Å². The van der Waals surface area contributed by atoms with Gasteiger partial charge >= 0.3 is 6.18 Å². The third-order valence-electron chi connectivity index (χ3n) is 3.56. The molecule has 0 spiro atoms. The van der Waals surface area contributed by atoms with Crippen LogP contribution in [0.3, 0.4) is 0 Å². The first-order valence-electron chi connectivity index (χ1n) is 7.18. The minimum Gasteiger partial charge on any atom is -0.272 e. The second kappa shape index (κ2) is 6.75. The van der Waals surface area contributed by atoms with E-state index in [4.69, 9.17) is 0 Å². The predicted molar refractivity (Wildman–Crippen MR) is 85.2 cm³/mol. The largest absolute Gasteiger partial charge is 0.416 e. The molecule has 0 aliphatic carbocycles. The van der Waals surface area contributed by atoms with Crippen molar-refractivity contribution in [2.45, 2.75) is 11.6 Å². The highest BCUT2D eigenvalue weighted by atomic mass is 32.2. The number of thioether (sulfide) groups is 1. The summed E-state index contributed by atoms with van der Waals surface area (Å²) in [5.41, 5.74) is 2.57. The van der Waals surface area contributed by atoms with Crippen LogP contribution in [0.15, 0.2) is 48.8 Å². The Morgan fingerprint density at radius 1 is 1.16 bits per heavy atom. The predicted octanol–water partition coefficient (Wildman–Crippen LogP) is 3.02. The van der Waals surface area contributed by atoms with Gasteiger partial charge in [0.15, 0.2) is 0 Å². The summed E-state index contributed by atoms with van der Waals surface area (Å²) in [6.07, 6.45) is -1.53. The Morgan fingerprint density at radius 2 is 1.80 bits per heavy atom. The molecule has 1 N–H and O–H groups in total. The summed E-state index contributed by atoms with van der Waals surface area (Å²) >= 11 is 1.23. The number of hydrazine groups is 1. The molecule has 1 aromatic heterocycles. The highest BCUT2D eigenvalue weighted by Gasteiger charge is 2.35. The molecule has 1 fully saturated rings. The minimum atomic E-state index is -4.42. The summed E-state index contributed by atoms with van der Waals surface area (Å²) in [6.45, 7) is 0. The Hall–Kier alpha value is -2.55. The molecule has 1 atom stereocenters. The van der Waals surface area contributed by atoms with E-state index in [9.17, 15) is 22.8 Å². The Kier molecular flexibility index (Phi) is 4.67. The monoisotopic (exact) mass is 367 g/mol. The topological polar surface area (TPSA) is 62.3 Å². The highest BCUT2D eigenvalue weighted by Crippen LogP contribution is 2.38. The Labute approximate surface area is 145 Å². The fourth-order valence-corrected chi connectivity index (χ4v) is 3.41. The number of amides is 2. The van der Waals surface area contributed by atoms with Gasteiger partial charge in [0, 0.05) is 18.0 Å². The van der Waals surface area contributed by atoms with E-state index in [0.717, 1.165) is 17.1 Å². The molecule has 1 aliphatic rings. The number of hydrogen-bond donors (Lipinski definition) is 1. The average Bonchev–Trinajstić information content (AvgIpc) is 2.96. The lowest BCUT2D eigenvalue weighted by atomic mass is 10.1. The van der Waals surface area contributed by atoms with Gasteiger partial charge in [0.1, 0.15) is 5.37 Å². The number of alkyl halides is 3. The quantitative estimate of drug-likeness (QED) is 0.906. The molecule has 2 amide bonds. The standard InChI is InChI=1S/C16H12F3N3O2S/c17-16(18,19)12-3-1-11(2-4-12)15-22(13(23)9-25-15)21-14(24)10-5-7-20-8-6-10/h1-8,15H,9H2,(H,21,24)/t15-/m1/s1. The van der Waals surface area contributed by atoms with Crippen LogP contribution in [0.2, 0.25) is 0 Å². The molecular formula is C16H12F3N3O2S. The number of carbonyl (C=O) groups is 2. The van der Waals surface area contributed by atoms with Crippen LogP contribution in [-0.4, -0.2) is 27.6 Å².